The molecule has 1 N–H and O–H groups in total. The topological polar surface area (TPSA) is 47.6 Å². The van der Waals surface area contributed by atoms with Crippen LogP contribution in [-0.4, -0.2) is 43.0 Å². The van der Waals surface area contributed by atoms with Gasteiger partial charge in [0, 0.05) is 12.5 Å². The highest BCUT2D eigenvalue weighted by atomic mass is 19.4. The van der Waals surface area contributed by atoms with Crippen molar-refractivity contribution in [1.29, 1.82) is 0 Å². The Hall–Kier alpha value is -0.820. The number of nitrogens with one attached hydrogen (secondary N) is 1. The SMILES string of the molecule is CCOC(=O)C(C)(CC(C)OCCC(F)(F)F)NC1CC1. The first kappa shape index (κ1) is 18.2. The van der Waals surface area contributed by atoms with E-state index >= 15 is 0 Å². The van der Waals surface area contributed by atoms with E-state index in [1.54, 1.807) is 20.8 Å². The quantitative estimate of drug-likeness (QED) is 0.665. The van der Waals surface area contributed by atoms with E-state index in [1.807, 2.05) is 0 Å². The van der Waals surface area contributed by atoms with Crippen LogP contribution in [0.2, 0.25) is 0 Å². The molecule has 0 radical (unpaired) electrons. The third kappa shape index (κ3) is 7.13. The summed E-state index contributed by atoms with van der Waals surface area (Å²) in [5.41, 5.74) is -0.922. The Bertz CT molecular complexity index is 345. The van der Waals surface area contributed by atoms with Crippen molar-refractivity contribution in [3.63, 3.8) is 0 Å². The van der Waals surface area contributed by atoms with Gasteiger partial charge in [0.15, 0.2) is 0 Å². The Labute approximate surface area is 123 Å². The first-order chi connectivity index (χ1) is 9.66. The fourth-order valence-corrected chi connectivity index (χ4v) is 2.18. The lowest BCUT2D eigenvalue weighted by atomic mass is 9.94. The third-order valence-electron chi connectivity index (χ3n) is 3.31. The molecule has 0 amide bonds. The van der Waals surface area contributed by atoms with Crippen LogP contribution in [0.1, 0.15) is 46.5 Å². The standard InChI is InChI=1S/C14H24F3NO3/c1-4-20-12(19)13(3,18-11-5-6-11)9-10(2)21-8-7-14(15,16)17/h10-11,18H,4-9H2,1-3H3. The normalized spacial score (nSPS) is 19.9. The van der Waals surface area contributed by atoms with Crippen molar-refractivity contribution in [3.8, 4) is 0 Å². The number of ether oxygens (including phenoxy) is 2. The molecule has 1 rings (SSSR count). The van der Waals surface area contributed by atoms with Crippen LogP contribution < -0.4 is 5.32 Å². The Balaban J connectivity index is 2.48. The molecular weight excluding hydrogens is 287 g/mol. The molecule has 1 aliphatic rings. The molecule has 0 aromatic heterocycles. The van der Waals surface area contributed by atoms with Crippen LogP contribution in [0.3, 0.4) is 0 Å². The zero-order valence-corrected chi connectivity index (χ0v) is 12.8. The van der Waals surface area contributed by atoms with E-state index in [1.165, 1.54) is 0 Å². The predicted octanol–water partition coefficient (Wildman–Crippen LogP) is 2.81. The lowest BCUT2D eigenvalue weighted by molar-refractivity contribution is -0.156. The van der Waals surface area contributed by atoms with Crippen molar-refractivity contribution >= 4 is 5.97 Å². The maximum absolute atomic E-state index is 12.1. The van der Waals surface area contributed by atoms with Gasteiger partial charge in [-0.2, -0.15) is 13.2 Å². The molecule has 0 heterocycles. The van der Waals surface area contributed by atoms with E-state index in [4.69, 9.17) is 9.47 Å². The maximum Gasteiger partial charge on any atom is 0.391 e. The van der Waals surface area contributed by atoms with Crippen molar-refractivity contribution in [2.24, 2.45) is 0 Å². The van der Waals surface area contributed by atoms with Gasteiger partial charge in [-0.3, -0.25) is 10.1 Å². The molecule has 2 unspecified atom stereocenters. The molecule has 2 atom stereocenters. The van der Waals surface area contributed by atoms with Gasteiger partial charge in [-0.1, -0.05) is 0 Å². The molecule has 4 nitrogen and oxygen atoms in total. The third-order valence-corrected chi connectivity index (χ3v) is 3.31. The maximum atomic E-state index is 12.1. The highest BCUT2D eigenvalue weighted by Crippen LogP contribution is 2.27. The predicted molar refractivity (Wildman–Crippen MR) is 71.9 cm³/mol. The molecule has 0 aliphatic heterocycles. The zero-order valence-electron chi connectivity index (χ0n) is 12.8. The van der Waals surface area contributed by atoms with Crippen molar-refractivity contribution in [2.75, 3.05) is 13.2 Å². The number of hydrogen-bond acceptors (Lipinski definition) is 4. The van der Waals surface area contributed by atoms with Crippen molar-refractivity contribution in [1.82, 2.24) is 5.32 Å². The summed E-state index contributed by atoms with van der Waals surface area (Å²) in [5.74, 6) is -0.386. The van der Waals surface area contributed by atoms with Crippen LogP contribution in [0.4, 0.5) is 13.2 Å². The first-order valence-corrected chi connectivity index (χ1v) is 7.29. The van der Waals surface area contributed by atoms with Gasteiger partial charge in [0.1, 0.15) is 5.54 Å². The van der Waals surface area contributed by atoms with Gasteiger partial charge >= 0.3 is 12.1 Å². The van der Waals surface area contributed by atoms with E-state index in [0.29, 0.717) is 0 Å². The average Bonchev–Trinajstić information content (AvgIpc) is 3.11. The molecule has 0 bridgehead atoms. The molecule has 1 fully saturated rings. The monoisotopic (exact) mass is 311 g/mol. The number of hydrogen-bond donors (Lipinski definition) is 1. The first-order valence-electron chi connectivity index (χ1n) is 7.29. The summed E-state index contributed by atoms with van der Waals surface area (Å²) >= 11 is 0. The molecule has 21 heavy (non-hydrogen) atoms. The summed E-state index contributed by atoms with van der Waals surface area (Å²) in [7, 11) is 0. The molecule has 1 aliphatic carbocycles. The summed E-state index contributed by atoms with van der Waals surface area (Å²) in [6.45, 7) is 4.98. The summed E-state index contributed by atoms with van der Waals surface area (Å²) in [6.07, 6.45) is -3.40. The summed E-state index contributed by atoms with van der Waals surface area (Å²) in [5, 5.41) is 3.21. The van der Waals surface area contributed by atoms with Gasteiger partial charge in [0.2, 0.25) is 0 Å². The largest absolute Gasteiger partial charge is 0.465 e. The minimum atomic E-state index is -4.23. The van der Waals surface area contributed by atoms with E-state index < -0.39 is 30.8 Å². The molecule has 0 saturated heterocycles. The fourth-order valence-electron chi connectivity index (χ4n) is 2.18. The van der Waals surface area contributed by atoms with Crippen LogP contribution in [0.25, 0.3) is 0 Å². The lowest BCUT2D eigenvalue weighted by Gasteiger charge is -2.31. The molecule has 0 aromatic rings. The second kappa shape index (κ2) is 7.45. The lowest BCUT2D eigenvalue weighted by Crippen LogP contribution is -2.53. The van der Waals surface area contributed by atoms with E-state index in [-0.39, 0.29) is 25.0 Å². The minimum absolute atomic E-state index is 0.268. The Morgan fingerprint density at radius 1 is 1.38 bits per heavy atom. The summed E-state index contributed by atoms with van der Waals surface area (Å²) in [6, 6.07) is 0.279. The second-order valence-electron chi connectivity index (χ2n) is 5.72. The number of rotatable bonds is 9. The van der Waals surface area contributed by atoms with Crippen LogP contribution in [-0.2, 0) is 14.3 Å². The van der Waals surface area contributed by atoms with Crippen LogP contribution in [0.15, 0.2) is 0 Å². The summed E-state index contributed by atoms with van der Waals surface area (Å²) in [4.78, 5) is 12.1. The minimum Gasteiger partial charge on any atom is -0.465 e. The number of esters is 1. The average molecular weight is 311 g/mol. The molecular formula is C14H24F3NO3. The van der Waals surface area contributed by atoms with Gasteiger partial charge < -0.3 is 9.47 Å². The van der Waals surface area contributed by atoms with E-state index in [0.717, 1.165) is 12.8 Å². The zero-order chi connectivity index (χ0) is 16.1. The van der Waals surface area contributed by atoms with Gasteiger partial charge in [-0.05, 0) is 33.6 Å². The van der Waals surface area contributed by atoms with Crippen LogP contribution in [0, 0.1) is 0 Å². The van der Waals surface area contributed by atoms with E-state index in [2.05, 4.69) is 5.32 Å². The van der Waals surface area contributed by atoms with E-state index in [9.17, 15) is 18.0 Å². The van der Waals surface area contributed by atoms with Gasteiger partial charge in [0.25, 0.3) is 0 Å². The highest BCUT2D eigenvalue weighted by Gasteiger charge is 2.41. The molecule has 1 saturated carbocycles. The highest BCUT2D eigenvalue weighted by molar-refractivity contribution is 5.80. The number of alkyl halides is 3. The molecule has 0 spiro atoms. The van der Waals surface area contributed by atoms with Crippen molar-refractivity contribution in [3.05, 3.63) is 0 Å². The Kier molecular flexibility index (Phi) is 6.46. The van der Waals surface area contributed by atoms with Gasteiger partial charge in [-0.15, -0.1) is 0 Å². The van der Waals surface area contributed by atoms with Crippen LogP contribution >= 0.6 is 0 Å². The number of halogens is 3. The fraction of sp³-hybridized carbons (Fsp3) is 0.929. The van der Waals surface area contributed by atoms with Crippen molar-refractivity contribution in [2.45, 2.75) is 70.3 Å². The van der Waals surface area contributed by atoms with Gasteiger partial charge in [-0.25, -0.2) is 0 Å². The second-order valence-corrected chi connectivity index (χ2v) is 5.72. The molecule has 124 valence electrons. The molecule has 0 aromatic carbocycles. The Morgan fingerprint density at radius 3 is 2.48 bits per heavy atom. The smallest absolute Gasteiger partial charge is 0.391 e. The number of carbonyl (C=O) groups is 1. The molecule has 7 heteroatoms. The van der Waals surface area contributed by atoms with Gasteiger partial charge in [0.05, 0.1) is 25.7 Å². The van der Waals surface area contributed by atoms with Crippen molar-refractivity contribution < 1.29 is 27.4 Å². The Morgan fingerprint density at radius 2 is 2.00 bits per heavy atom. The summed E-state index contributed by atoms with van der Waals surface area (Å²) < 4.78 is 46.5. The number of carbonyl (C=O) groups excluding carboxylic acids is 1. The van der Waals surface area contributed by atoms with Crippen LogP contribution in [0.5, 0.6) is 0 Å².